The lowest BCUT2D eigenvalue weighted by atomic mass is 10.1. The quantitative estimate of drug-likeness (QED) is 0.714. The van der Waals surface area contributed by atoms with Crippen molar-refractivity contribution in [1.82, 2.24) is 0 Å². The summed E-state index contributed by atoms with van der Waals surface area (Å²) in [5.41, 5.74) is 1.42. The van der Waals surface area contributed by atoms with E-state index in [1.807, 2.05) is 6.92 Å². The second-order valence-corrected chi connectivity index (χ2v) is 2.43. The van der Waals surface area contributed by atoms with Crippen LogP contribution in [0.4, 0.5) is 0 Å². The Kier molecular flexibility index (Phi) is 6.96. The molecule has 0 aliphatic heterocycles. The van der Waals surface area contributed by atoms with E-state index in [4.69, 9.17) is 4.74 Å². The van der Waals surface area contributed by atoms with Crippen molar-refractivity contribution < 1.29 is 4.74 Å². The van der Waals surface area contributed by atoms with E-state index in [-0.39, 0.29) is 24.0 Å². The van der Waals surface area contributed by atoms with E-state index in [2.05, 4.69) is 18.2 Å². The van der Waals surface area contributed by atoms with Gasteiger partial charge in [-0.1, -0.05) is 18.2 Å². The van der Waals surface area contributed by atoms with Crippen LogP contribution in [0.25, 0.3) is 0 Å². The average molecular weight is 266 g/mol. The molecule has 0 spiro atoms. The van der Waals surface area contributed by atoms with E-state index in [1.165, 1.54) is 18.4 Å². The summed E-state index contributed by atoms with van der Waals surface area (Å²) in [6, 6.07) is 0. The van der Waals surface area contributed by atoms with Crippen molar-refractivity contribution in [2.24, 2.45) is 0 Å². The largest absolute Gasteiger partial charge is 0.377 e. The van der Waals surface area contributed by atoms with Gasteiger partial charge in [-0.3, -0.25) is 0 Å². The van der Waals surface area contributed by atoms with Crippen LogP contribution in [0.5, 0.6) is 0 Å². The molecule has 0 N–H and O–H groups in total. The molecule has 1 aliphatic rings. The molecule has 0 aromatic carbocycles. The molecule has 2 heteroatoms. The van der Waals surface area contributed by atoms with E-state index < -0.39 is 0 Å². The molecule has 0 aromatic rings. The number of ether oxygens (including phenoxy) is 1. The summed E-state index contributed by atoms with van der Waals surface area (Å²) in [6.07, 6.45) is 8.81. The molecular weight excluding hydrogens is 251 g/mol. The van der Waals surface area contributed by atoms with Crippen LogP contribution in [0.1, 0.15) is 19.8 Å². The van der Waals surface area contributed by atoms with Crippen molar-refractivity contribution >= 4 is 24.0 Å². The molecule has 1 aliphatic carbocycles. The molecule has 0 amide bonds. The highest BCUT2D eigenvalue weighted by molar-refractivity contribution is 14.0. The summed E-state index contributed by atoms with van der Waals surface area (Å²) < 4.78 is 5.27. The van der Waals surface area contributed by atoms with Gasteiger partial charge in [0.25, 0.3) is 0 Å². The normalized spacial score (nSPS) is 15.5. The Labute approximate surface area is 85.5 Å². The molecule has 0 heterocycles. The Bertz CT molecular complexity index is 150. The van der Waals surface area contributed by atoms with Crippen molar-refractivity contribution in [3.8, 4) is 0 Å². The second-order valence-electron chi connectivity index (χ2n) is 2.43. The topological polar surface area (TPSA) is 9.23 Å². The molecule has 0 aromatic heterocycles. The minimum absolute atomic E-state index is 0. The molecule has 11 heavy (non-hydrogen) atoms. The lowest BCUT2D eigenvalue weighted by molar-refractivity contribution is 0.168. The van der Waals surface area contributed by atoms with Crippen LogP contribution in [0.2, 0.25) is 0 Å². The van der Waals surface area contributed by atoms with E-state index >= 15 is 0 Å². The Morgan fingerprint density at radius 3 is 2.91 bits per heavy atom. The van der Waals surface area contributed by atoms with Gasteiger partial charge in [-0.05, 0) is 25.3 Å². The molecule has 1 rings (SSSR count). The predicted octanol–water partition coefficient (Wildman–Crippen LogP) is 2.92. The van der Waals surface area contributed by atoms with Gasteiger partial charge < -0.3 is 4.74 Å². The van der Waals surface area contributed by atoms with E-state index in [1.54, 1.807) is 0 Å². The van der Waals surface area contributed by atoms with Crippen molar-refractivity contribution in [2.45, 2.75) is 19.8 Å². The van der Waals surface area contributed by atoms with Crippen LogP contribution in [-0.4, -0.2) is 13.2 Å². The Hall–Kier alpha value is 0.170. The van der Waals surface area contributed by atoms with Crippen molar-refractivity contribution in [3.05, 3.63) is 23.8 Å². The molecule has 0 atom stereocenters. The predicted molar refractivity (Wildman–Crippen MR) is 58.4 cm³/mol. The first-order valence-electron chi connectivity index (χ1n) is 3.86. The monoisotopic (exact) mass is 266 g/mol. The van der Waals surface area contributed by atoms with Gasteiger partial charge in [0.15, 0.2) is 0 Å². The molecule has 0 saturated heterocycles. The Morgan fingerprint density at radius 1 is 1.55 bits per heavy atom. The zero-order valence-electron chi connectivity index (χ0n) is 6.88. The fourth-order valence-electron chi connectivity index (χ4n) is 1.01. The molecule has 0 saturated carbocycles. The van der Waals surface area contributed by atoms with Crippen LogP contribution in [0.15, 0.2) is 23.8 Å². The Morgan fingerprint density at radius 2 is 2.36 bits per heavy atom. The van der Waals surface area contributed by atoms with E-state index in [0.717, 1.165) is 13.2 Å². The van der Waals surface area contributed by atoms with Gasteiger partial charge in [-0.25, -0.2) is 0 Å². The maximum atomic E-state index is 5.27. The van der Waals surface area contributed by atoms with Crippen LogP contribution in [0, 0.1) is 0 Å². The Balaban J connectivity index is 0.000001000. The average Bonchev–Trinajstić information content (AvgIpc) is 2.03. The highest BCUT2D eigenvalue weighted by Crippen LogP contribution is 2.11. The van der Waals surface area contributed by atoms with E-state index in [9.17, 15) is 0 Å². The first kappa shape index (κ1) is 11.2. The number of hydrogen-bond donors (Lipinski definition) is 0. The molecule has 1 nitrogen and oxygen atoms in total. The maximum Gasteiger partial charge on any atom is 0.0679 e. The van der Waals surface area contributed by atoms with Gasteiger partial charge >= 0.3 is 0 Å². The summed E-state index contributed by atoms with van der Waals surface area (Å²) in [4.78, 5) is 0. The van der Waals surface area contributed by atoms with Gasteiger partial charge in [0, 0.05) is 6.61 Å². The third kappa shape index (κ3) is 4.58. The number of halogens is 1. The highest BCUT2D eigenvalue weighted by atomic mass is 127. The molecule has 0 radical (unpaired) electrons. The minimum atomic E-state index is 0. The number of rotatable bonds is 3. The molecular formula is C9H15IO. The second kappa shape index (κ2) is 6.85. The van der Waals surface area contributed by atoms with Gasteiger partial charge in [0.1, 0.15) is 0 Å². The fraction of sp³-hybridized carbons (Fsp3) is 0.556. The molecule has 0 fully saturated rings. The zero-order chi connectivity index (χ0) is 7.23. The third-order valence-corrected chi connectivity index (χ3v) is 1.59. The van der Waals surface area contributed by atoms with Crippen LogP contribution < -0.4 is 0 Å². The summed E-state index contributed by atoms with van der Waals surface area (Å²) in [7, 11) is 0. The van der Waals surface area contributed by atoms with Crippen molar-refractivity contribution in [3.63, 3.8) is 0 Å². The van der Waals surface area contributed by atoms with Crippen LogP contribution in [-0.2, 0) is 4.74 Å². The fourth-order valence-corrected chi connectivity index (χ4v) is 1.01. The van der Waals surface area contributed by atoms with Gasteiger partial charge in [0.05, 0.1) is 6.61 Å². The highest BCUT2D eigenvalue weighted by Gasteiger charge is 1.97. The summed E-state index contributed by atoms with van der Waals surface area (Å²) in [5, 5.41) is 0. The van der Waals surface area contributed by atoms with Crippen molar-refractivity contribution in [2.75, 3.05) is 13.2 Å². The van der Waals surface area contributed by atoms with Crippen LogP contribution >= 0.6 is 24.0 Å². The zero-order valence-corrected chi connectivity index (χ0v) is 9.21. The summed E-state index contributed by atoms with van der Waals surface area (Å²) in [6.45, 7) is 3.67. The summed E-state index contributed by atoms with van der Waals surface area (Å²) in [5.74, 6) is 0. The third-order valence-electron chi connectivity index (χ3n) is 1.59. The smallest absolute Gasteiger partial charge is 0.0679 e. The minimum Gasteiger partial charge on any atom is -0.377 e. The lowest BCUT2D eigenvalue weighted by Gasteiger charge is -2.07. The summed E-state index contributed by atoms with van der Waals surface area (Å²) >= 11 is 0. The first-order valence-corrected chi connectivity index (χ1v) is 3.86. The standard InChI is InChI=1S/C9H14O.HI/c1-2-10-8-9-6-4-3-5-7-9;/h3-4,6H,2,5,7-8H2,1H3;1H. The van der Waals surface area contributed by atoms with Gasteiger partial charge in [0.2, 0.25) is 0 Å². The first-order chi connectivity index (χ1) is 4.93. The SMILES string of the molecule is CCOCC1=CC=CCC1.I. The number of hydrogen-bond acceptors (Lipinski definition) is 1. The number of allylic oxidation sites excluding steroid dienone is 3. The maximum absolute atomic E-state index is 5.27. The van der Waals surface area contributed by atoms with E-state index in [0.29, 0.717) is 0 Å². The molecule has 0 bridgehead atoms. The molecule has 0 unspecified atom stereocenters. The van der Waals surface area contributed by atoms with Gasteiger partial charge in [-0.2, -0.15) is 0 Å². The lowest BCUT2D eigenvalue weighted by Crippen LogP contribution is -1.98. The van der Waals surface area contributed by atoms with Crippen molar-refractivity contribution in [1.29, 1.82) is 0 Å². The van der Waals surface area contributed by atoms with Crippen LogP contribution in [0.3, 0.4) is 0 Å². The molecule has 64 valence electrons. The van der Waals surface area contributed by atoms with Gasteiger partial charge in [-0.15, -0.1) is 24.0 Å².